The summed E-state index contributed by atoms with van der Waals surface area (Å²) in [6, 6.07) is 19.5. The van der Waals surface area contributed by atoms with Gasteiger partial charge in [-0.15, -0.1) is 0 Å². The van der Waals surface area contributed by atoms with E-state index in [1.807, 2.05) is 37.3 Å². The summed E-state index contributed by atoms with van der Waals surface area (Å²) in [4.78, 5) is 28.9. The van der Waals surface area contributed by atoms with Crippen molar-refractivity contribution in [3.63, 3.8) is 0 Å². The second-order valence-electron chi connectivity index (χ2n) is 6.15. The largest absolute Gasteiger partial charge is 0.348 e. The van der Waals surface area contributed by atoms with Crippen LogP contribution in [0.4, 0.5) is 5.69 Å². The molecule has 6 heteroatoms. The summed E-state index contributed by atoms with van der Waals surface area (Å²) in [5.41, 5.74) is 3.29. The summed E-state index contributed by atoms with van der Waals surface area (Å²) < 4.78 is 0. The topological polar surface area (TPSA) is 94.9 Å². The number of nitriles is 1. The fourth-order valence-electron chi connectivity index (χ4n) is 2.66. The maximum atomic E-state index is 12.5. The molecule has 3 aromatic rings. The summed E-state index contributed by atoms with van der Waals surface area (Å²) >= 11 is 0. The van der Waals surface area contributed by atoms with Gasteiger partial charge < -0.3 is 10.6 Å². The van der Waals surface area contributed by atoms with Crippen LogP contribution >= 0.6 is 0 Å². The van der Waals surface area contributed by atoms with Crippen LogP contribution in [0.25, 0.3) is 0 Å². The van der Waals surface area contributed by atoms with Gasteiger partial charge in [-0.2, -0.15) is 5.26 Å². The van der Waals surface area contributed by atoms with Crippen LogP contribution in [0.3, 0.4) is 0 Å². The number of nitrogens with one attached hydrogen (secondary N) is 2. The number of hydrogen-bond acceptors (Lipinski definition) is 4. The molecule has 0 saturated heterocycles. The molecule has 0 radical (unpaired) electrons. The molecule has 138 valence electrons. The number of hydrogen-bond donors (Lipinski definition) is 2. The number of rotatable bonds is 5. The van der Waals surface area contributed by atoms with Crippen molar-refractivity contribution in [3.05, 3.63) is 94.8 Å². The van der Waals surface area contributed by atoms with Gasteiger partial charge in [-0.1, -0.05) is 36.4 Å². The quantitative estimate of drug-likeness (QED) is 0.719. The standard InChI is InChI=1S/C22H18N4O2/c1-15-6-2-3-8-18(15)14-25-21(27)16-10-11-24-20(12-16)22(28)26-19-9-5-4-7-17(19)13-23/h2-12H,14H2,1H3,(H,25,27)(H,26,28). The molecule has 0 spiro atoms. The number of carbonyl (C=O) groups excluding carboxylic acids is 2. The number of aryl methyl sites for hydroxylation is 1. The molecule has 0 unspecified atom stereocenters. The molecule has 28 heavy (non-hydrogen) atoms. The third-order valence-corrected chi connectivity index (χ3v) is 4.25. The first-order valence-electron chi connectivity index (χ1n) is 8.67. The highest BCUT2D eigenvalue weighted by Gasteiger charge is 2.13. The molecule has 1 aromatic heterocycles. The van der Waals surface area contributed by atoms with E-state index in [2.05, 4.69) is 15.6 Å². The predicted molar refractivity (Wildman–Crippen MR) is 106 cm³/mol. The highest BCUT2D eigenvalue weighted by atomic mass is 16.2. The van der Waals surface area contributed by atoms with Gasteiger partial charge in [0.05, 0.1) is 11.3 Å². The molecule has 6 nitrogen and oxygen atoms in total. The minimum atomic E-state index is -0.490. The maximum Gasteiger partial charge on any atom is 0.274 e. The minimum Gasteiger partial charge on any atom is -0.348 e. The van der Waals surface area contributed by atoms with Crippen molar-refractivity contribution < 1.29 is 9.59 Å². The van der Waals surface area contributed by atoms with Gasteiger partial charge in [-0.25, -0.2) is 0 Å². The first-order valence-corrected chi connectivity index (χ1v) is 8.67. The van der Waals surface area contributed by atoms with Gasteiger partial charge in [0.1, 0.15) is 11.8 Å². The first-order chi connectivity index (χ1) is 13.6. The van der Waals surface area contributed by atoms with Gasteiger partial charge in [0.2, 0.25) is 0 Å². The summed E-state index contributed by atoms with van der Waals surface area (Å²) in [7, 11) is 0. The average molecular weight is 370 g/mol. The van der Waals surface area contributed by atoms with E-state index in [-0.39, 0.29) is 11.6 Å². The monoisotopic (exact) mass is 370 g/mol. The van der Waals surface area contributed by atoms with Crippen molar-refractivity contribution in [1.29, 1.82) is 5.26 Å². The van der Waals surface area contributed by atoms with Crippen molar-refractivity contribution in [3.8, 4) is 6.07 Å². The molecular weight excluding hydrogens is 352 g/mol. The van der Waals surface area contributed by atoms with Crippen LogP contribution in [0.15, 0.2) is 66.9 Å². The molecule has 0 aliphatic rings. The molecule has 2 amide bonds. The average Bonchev–Trinajstić information content (AvgIpc) is 2.73. The zero-order valence-corrected chi connectivity index (χ0v) is 15.3. The summed E-state index contributed by atoms with van der Waals surface area (Å²) in [5.74, 6) is -0.784. The lowest BCUT2D eigenvalue weighted by Gasteiger charge is -2.09. The second kappa shape index (κ2) is 8.60. The summed E-state index contributed by atoms with van der Waals surface area (Å²) in [5, 5.41) is 14.6. The number of pyridine rings is 1. The lowest BCUT2D eigenvalue weighted by Crippen LogP contribution is -2.24. The number of benzene rings is 2. The van der Waals surface area contributed by atoms with Crippen LogP contribution in [0.1, 0.15) is 37.5 Å². The zero-order valence-electron chi connectivity index (χ0n) is 15.3. The number of carbonyl (C=O) groups is 2. The van der Waals surface area contributed by atoms with Gasteiger partial charge >= 0.3 is 0 Å². The fourth-order valence-corrected chi connectivity index (χ4v) is 2.66. The predicted octanol–water partition coefficient (Wildman–Crippen LogP) is 3.44. The zero-order chi connectivity index (χ0) is 19.9. The Bertz CT molecular complexity index is 1070. The molecule has 2 aromatic carbocycles. The van der Waals surface area contributed by atoms with E-state index in [4.69, 9.17) is 5.26 Å². The molecule has 0 saturated carbocycles. The van der Waals surface area contributed by atoms with E-state index in [0.717, 1.165) is 11.1 Å². The molecule has 0 fully saturated rings. The Morgan fingerprint density at radius 1 is 1.04 bits per heavy atom. The highest BCUT2D eigenvalue weighted by molar-refractivity contribution is 6.05. The lowest BCUT2D eigenvalue weighted by atomic mass is 10.1. The van der Waals surface area contributed by atoms with E-state index in [1.165, 1.54) is 12.3 Å². The normalized spacial score (nSPS) is 10.0. The van der Waals surface area contributed by atoms with Crippen LogP contribution in [-0.4, -0.2) is 16.8 Å². The van der Waals surface area contributed by atoms with Crippen LogP contribution in [0, 0.1) is 18.3 Å². The Morgan fingerprint density at radius 3 is 2.57 bits per heavy atom. The SMILES string of the molecule is Cc1ccccc1CNC(=O)c1ccnc(C(=O)Nc2ccccc2C#N)c1. The van der Waals surface area contributed by atoms with Gasteiger partial charge in [-0.3, -0.25) is 14.6 Å². The fraction of sp³-hybridized carbons (Fsp3) is 0.0909. The number of para-hydroxylation sites is 1. The maximum absolute atomic E-state index is 12.5. The minimum absolute atomic E-state index is 0.0938. The van der Waals surface area contributed by atoms with Crippen LogP contribution in [-0.2, 0) is 6.54 Å². The molecule has 1 heterocycles. The van der Waals surface area contributed by atoms with E-state index in [1.54, 1.807) is 30.3 Å². The Morgan fingerprint density at radius 2 is 1.79 bits per heavy atom. The van der Waals surface area contributed by atoms with Crippen molar-refractivity contribution in [2.24, 2.45) is 0 Å². The molecule has 3 rings (SSSR count). The Labute approximate surface area is 162 Å². The van der Waals surface area contributed by atoms with E-state index in [9.17, 15) is 9.59 Å². The van der Waals surface area contributed by atoms with Crippen molar-refractivity contribution >= 4 is 17.5 Å². The number of nitrogens with zero attached hydrogens (tertiary/aromatic N) is 2. The summed E-state index contributed by atoms with van der Waals surface area (Å²) in [6.07, 6.45) is 1.41. The smallest absolute Gasteiger partial charge is 0.274 e. The van der Waals surface area contributed by atoms with Crippen molar-refractivity contribution in [1.82, 2.24) is 10.3 Å². The van der Waals surface area contributed by atoms with Crippen molar-refractivity contribution in [2.45, 2.75) is 13.5 Å². The van der Waals surface area contributed by atoms with Gasteiger partial charge in [0.15, 0.2) is 0 Å². The summed E-state index contributed by atoms with van der Waals surface area (Å²) in [6.45, 7) is 2.38. The van der Waals surface area contributed by atoms with Gasteiger partial charge in [-0.05, 0) is 42.3 Å². The van der Waals surface area contributed by atoms with Crippen LogP contribution in [0.2, 0.25) is 0 Å². The van der Waals surface area contributed by atoms with E-state index in [0.29, 0.717) is 23.4 Å². The number of anilines is 1. The first kappa shape index (κ1) is 18.8. The Kier molecular flexibility index (Phi) is 5.78. The Balaban J connectivity index is 1.71. The molecule has 0 aliphatic carbocycles. The molecule has 0 aliphatic heterocycles. The molecule has 0 atom stereocenters. The van der Waals surface area contributed by atoms with Gasteiger partial charge in [0, 0.05) is 18.3 Å². The Hall–Kier alpha value is -3.98. The van der Waals surface area contributed by atoms with Crippen molar-refractivity contribution in [2.75, 3.05) is 5.32 Å². The number of aromatic nitrogens is 1. The van der Waals surface area contributed by atoms with E-state index < -0.39 is 5.91 Å². The number of amides is 2. The highest BCUT2D eigenvalue weighted by Crippen LogP contribution is 2.15. The molecule has 0 bridgehead atoms. The third kappa shape index (κ3) is 4.40. The van der Waals surface area contributed by atoms with Gasteiger partial charge in [0.25, 0.3) is 11.8 Å². The van der Waals surface area contributed by atoms with Crippen LogP contribution < -0.4 is 10.6 Å². The molecular formula is C22H18N4O2. The second-order valence-corrected chi connectivity index (χ2v) is 6.15. The van der Waals surface area contributed by atoms with E-state index >= 15 is 0 Å². The van der Waals surface area contributed by atoms with Crippen LogP contribution in [0.5, 0.6) is 0 Å². The lowest BCUT2D eigenvalue weighted by molar-refractivity contribution is 0.0950. The molecule has 2 N–H and O–H groups in total. The third-order valence-electron chi connectivity index (χ3n) is 4.25.